The molecule has 2 N–H and O–H groups in total. The molecular formula is C32H38N2O4S. The fraction of sp³-hybridized carbons (Fsp3) is 0.375. The van der Waals surface area contributed by atoms with Gasteiger partial charge in [0.05, 0.1) is 12.7 Å². The van der Waals surface area contributed by atoms with Crippen LogP contribution in [0.5, 0.6) is 0 Å². The molecule has 7 heteroatoms. The molecule has 1 fully saturated rings. The summed E-state index contributed by atoms with van der Waals surface area (Å²) in [7, 11) is 0. The van der Waals surface area contributed by atoms with Gasteiger partial charge in [-0.05, 0) is 78.1 Å². The molecule has 0 unspecified atom stereocenters. The summed E-state index contributed by atoms with van der Waals surface area (Å²) >= 11 is 1.56. The molecule has 3 aromatic carbocycles. The van der Waals surface area contributed by atoms with Gasteiger partial charge < -0.3 is 15.2 Å². The van der Waals surface area contributed by atoms with E-state index in [4.69, 9.17) is 4.74 Å². The maximum atomic E-state index is 13.3. The second-order valence-electron chi connectivity index (χ2n) is 10.1. The number of ether oxygens (including phenoxy) is 1. The Morgan fingerprint density at radius 1 is 1.00 bits per heavy atom. The number of hydrogen-bond donors (Lipinski definition) is 2. The molecule has 1 aliphatic heterocycles. The molecule has 0 aromatic heterocycles. The number of aryl methyl sites for hydroxylation is 1. The Morgan fingerprint density at radius 2 is 1.72 bits per heavy atom. The van der Waals surface area contributed by atoms with Crippen LogP contribution >= 0.6 is 11.8 Å². The van der Waals surface area contributed by atoms with Crippen LogP contribution in [0.15, 0.2) is 72.8 Å². The number of nitrogens with zero attached hydrogens (tertiary/aromatic N) is 1. The predicted octanol–water partition coefficient (Wildman–Crippen LogP) is 5.78. The molecule has 0 aliphatic carbocycles. The lowest BCUT2D eigenvalue weighted by Crippen LogP contribution is -2.41. The molecule has 0 saturated carbocycles. The highest BCUT2D eigenvalue weighted by Crippen LogP contribution is 2.29. The molecule has 1 atom stereocenters. The molecule has 0 bridgehead atoms. The van der Waals surface area contributed by atoms with E-state index in [9.17, 15) is 14.7 Å². The summed E-state index contributed by atoms with van der Waals surface area (Å²) in [6.45, 7) is 5.47. The van der Waals surface area contributed by atoms with E-state index in [0.29, 0.717) is 24.3 Å². The zero-order valence-corrected chi connectivity index (χ0v) is 23.6. The van der Waals surface area contributed by atoms with Crippen LogP contribution in [0.4, 0.5) is 0 Å². The fourth-order valence-corrected chi connectivity index (χ4v) is 5.47. The molecule has 0 spiro atoms. The molecule has 1 heterocycles. The van der Waals surface area contributed by atoms with Crippen molar-refractivity contribution in [3.8, 4) is 11.1 Å². The number of nitrogens with one attached hydrogen (secondary N) is 1. The minimum atomic E-state index is -1.02. The van der Waals surface area contributed by atoms with Crippen LogP contribution in [0.2, 0.25) is 0 Å². The number of carbonyl (C=O) groups is 2. The van der Waals surface area contributed by atoms with Gasteiger partial charge in [-0.2, -0.15) is 11.8 Å². The SMILES string of the molecule is CSCC[C@H](NC(=O)c1ccc(COC2CCN(Cc3ccccc3)CC2)cc1-c1ccccc1C)C(=O)O. The highest BCUT2D eigenvalue weighted by atomic mass is 32.2. The van der Waals surface area contributed by atoms with Gasteiger partial charge in [-0.15, -0.1) is 0 Å². The third-order valence-electron chi connectivity index (χ3n) is 7.25. The van der Waals surface area contributed by atoms with Gasteiger partial charge in [0.2, 0.25) is 0 Å². The summed E-state index contributed by atoms with van der Waals surface area (Å²) in [4.78, 5) is 27.5. The van der Waals surface area contributed by atoms with Crippen LogP contribution < -0.4 is 5.32 Å². The van der Waals surface area contributed by atoms with Crippen molar-refractivity contribution in [3.05, 3.63) is 95.1 Å². The highest BCUT2D eigenvalue weighted by molar-refractivity contribution is 7.98. The summed E-state index contributed by atoms with van der Waals surface area (Å²) in [5.74, 6) is -0.738. The van der Waals surface area contributed by atoms with Crippen molar-refractivity contribution in [1.29, 1.82) is 0 Å². The zero-order chi connectivity index (χ0) is 27.6. The quantitative estimate of drug-likeness (QED) is 0.300. The van der Waals surface area contributed by atoms with E-state index in [1.165, 1.54) is 5.56 Å². The minimum absolute atomic E-state index is 0.203. The number of aliphatic carboxylic acids is 1. The standard InChI is InChI=1S/C32H38N2O4S/c1-23-8-6-7-11-27(23)29-20-25(12-13-28(29)31(35)33-30(32(36)37)16-19-39-2)22-38-26-14-17-34(18-15-26)21-24-9-4-3-5-10-24/h3-13,20,26,30H,14-19,21-22H2,1-2H3,(H,33,35)(H,36,37)/t30-/m0/s1. The van der Waals surface area contributed by atoms with Crippen LogP contribution in [0.3, 0.4) is 0 Å². The number of rotatable bonds is 12. The summed E-state index contributed by atoms with van der Waals surface area (Å²) in [6.07, 6.45) is 4.48. The Labute approximate surface area is 235 Å². The van der Waals surface area contributed by atoms with E-state index < -0.39 is 12.0 Å². The fourth-order valence-electron chi connectivity index (χ4n) is 5.00. The maximum absolute atomic E-state index is 13.3. The van der Waals surface area contributed by atoms with Crippen molar-refractivity contribution < 1.29 is 19.4 Å². The lowest BCUT2D eigenvalue weighted by Gasteiger charge is -2.32. The molecule has 3 aromatic rings. The van der Waals surface area contributed by atoms with Crippen LogP contribution in [-0.4, -0.2) is 59.1 Å². The van der Waals surface area contributed by atoms with Crippen LogP contribution in [0, 0.1) is 6.92 Å². The molecule has 1 amide bonds. The molecule has 4 rings (SSSR count). The van der Waals surface area contributed by atoms with Gasteiger partial charge in [0.1, 0.15) is 6.04 Å². The molecule has 6 nitrogen and oxygen atoms in total. The Balaban J connectivity index is 1.44. The number of thioether (sulfide) groups is 1. The third kappa shape index (κ3) is 8.18. The highest BCUT2D eigenvalue weighted by Gasteiger charge is 2.23. The number of carbonyl (C=O) groups excluding carboxylic acids is 1. The summed E-state index contributed by atoms with van der Waals surface area (Å²) in [5, 5.41) is 12.3. The van der Waals surface area contributed by atoms with E-state index in [-0.39, 0.29) is 12.0 Å². The first kappa shape index (κ1) is 28.9. The Kier molecular flexibility index (Phi) is 10.6. The van der Waals surface area contributed by atoms with Crippen LogP contribution in [0.25, 0.3) is 11.1 Å². The van der Waals surface area contributed by atoms with Gasteiger partial charge in [0, 0.05) is 25.2 Å². The zero-order valence-electron chi connectivity index (χ0n) is 22.8. The lowest BCUT2D eigenvalue weighted by molar-refractivity contribution is -0.139. The lowest BCUT2D eigenvalue weighted by atomic mass is 9.93. The Hall–Kier alpha value is -3.13. The molecule has 0 radical (unpaired) electrons. The number of carboxylic acids is 1. The molecule has 39 heavy (non-hydrogen) atoms. The molecule has 1 saturated heterocycles. The van der Waals surface area contributed by atoms with Gasteiger partial charge in [-0.1, -0.05) is 60.7 Å². The van der Waals surface area contributed by atoms with Crippen molar-refractivity contribution in [1.82, 2.24) is 10.2 Å². The number of carboxylic acid groups (broad SMARTS) is 1. The van der Waals surface area contributed by atoms with Crippen molar-refractivity contribution in [2.24, 2.45) is 0 Å². The van der Waals surface area contributed by atoms with E-state index >= 15 is 0 Å². The maximum Gasteiger partial charge on any atom is 0.326 e. The summed E-state index contributed by atoms with van der Waals surface area (Å²) in [5.41, 5.74) is 5.59. The average Bonchev–Trinajstić information content (AvgIpc) is 2.95. The largest absolute Gasteiger partial charge is 0.480 e. The van der Waals surface area contributed by atoms with E-state index in [1.54, 1.807) is 17.8 Å². The number of piperidine rings is 1. The molecule has 206 valence electrons. The van der Waals surface area contributed by atoms with Crippen molar-refractivity contribution in [2.75, 3.05) is 25.1 Å². The Morgan fingerprint density at radius 3 is 2.41 bits per heavy atom. The van der Waals surface area contributed by atoms with Gasteiger partial charge in [0.25, 0.3) is 5.91 Å². The van der Waals surface area contributed by atoms with Gasteiger partial charge >= 0.3 is 5.97 Å². The number of hydrogen-bond acceptors (Lipinski definition) is 5. The van der Waals surface area contributed by atoms with Crippen LogP contribution in [0.1, 0.15) is 46.3 Å². The van der Waals surface area contributed by atoms with E-state index in [2.05, 4.69) is 34.5 Å². The van der Waals surface area contributed by atoms with Crippen molar-refractivity contribution >= 4 is 23.6 Å². The summed E-state index contributed by atoms with van der Waals surface area (Å²) < 4.78 is 6.32. The van der Waals surface area contributed by atoms with E-state index in [0.717, 1.165) is 54.7 Å². The summed E-state index contributed by atoms with van der Waals surface area (Å²) in [6, 6.07) is 23.3. The van der Waals surface area contributed by atoms with Gasteiger partial charge in [-0.3, -0.25) is 9.69 Å². The molecular weight excluding hydrogens is 508 g/mol. The first-order chi connectivity index (χ1) is 18.9. The second kappa shape index (κ2) is 14.3. The number of likely N-dealkylation sites (tertiary alicyclic amines) is 1. The monoisotopic (exact) mass is 546 g/mol. The van der Waals surface area contributed by atoms with Crippen molar-refractivity contribution in [2.45, 2.75) is 51.5 Å². The predicted molar refractivity (Wildman–Crippen MR) is 158 cm³/mol. The van der Waals surface area contributed by atoms with E-state index in [1.807, 2.05) is 55.6 Å². The smallest absolute Gasteiger partial charge is 0.326 e. The third-order valence-corrected chi connectivity index (χ3v) is 7.89. The first-order valence-electron chi connectivity index (χ1n) is 13.5. The first-order valence-corrected chi connectivity index (χ1v) is 14.9. The average molecular weight is 547 g/mol. The second-order valence-corrected chi connectivity index (χ2v) is 11.1. The number of amides is 1. The van der Waals surface area contributed by atoms with Gasteiger partial charge in [-0.25, -0.2) is 4.79 Å². The molecule has 1 aliphatic rings. The number of benzene rings is 3. The van der Waals surface area contributed by atoms with Gasteiger partial charge in [0.15, 0.2) is 0 Å². The topological polar surface area (TPSA) is 78.9 Å². The normalized spacial score (nSPS) is 15.1. The van der Waals surface area contributed by atoms with Crippen LogP contribution in [-0.2, 0) is 22.7 Å². The minimum Gasteiger partial charge on any atom is -0.480 e. The Bertz CT molecular complexity index is 1240. The van der Waals surface area contributed by atoms with Crippen molar-refractivity contribution in [3.63, 3.8) is 0 Å².